The van der Waals surface area contributed by atoms with Crippen LogP contribution in [-0.4, -0.2) is 28.9 Å². The molecule has 0 fully saturated rings. The lowest BCUT2D eigenvalue weighted by molar-refractivity contribution is -0.852. The van der Waals surface area contributed by atoms with Crippen LogP contribution in [0.5, 0.6) is 0 Å². The predicted octanol–water partition coefficient (Wildman–Crippen LogP) is 1.26. The van der Waals surface area contributed by atoms with Crippen LogP contribution in [0.2, 0.25) is 0 Å². The molecule has 8 heteroatoms. The zero-order valence-corrected chi connectivity index (χ0v) is 15.0. The number of anilines is 1. The number of nitrogens with two attached hydrogens (primary N) is 1. The summed E-state index contributed by atoms with van der Waals surface area (Å²) < 4.78 is 5.20. The number of nitrogens with zero attached hydrogens (tertiary/aromatic N) is 1. The van der Waals surface area contributed by atoms with Crippen molar-refractivity contribution in [2.45, 2.75) is 46.0 Å². The summed E-state index contributed by atoms with van der Waals surface area (Å²) in [4.78, 5) is 16.1. The first kappa shape index (κ1) is 18.8. The second-order valence-corrected chi connectivity index (χ2v) is 6.73. The highest BCUT2D eigenvalue weighted by molar-refractivity contribution is 5.82. The van der Waals surface area contributed by atoms with E-state index in [4.69, 9.17) is 4.74 Å². The number of amidine groups is 1. The summed E-state index contributed by atoms with van der Waals surface area (Å²) in [6.45, 7) is 7.71. The van der Waals surface area contributed by atoms with E-state index in [0.717, 1.165) is 22.6 Å². The minimum atomic E-state index is -0.514. The molecule has 1 aliphatic heterocycles. The van der Waals surface area contributed by atoms with E-state index in [9.17, 15) is 10.0 Å². The van der Waals surface area contributed by atoms with Gasteiger partial charge in [0.1, 0.15) is 11.4 Å². The van der Waals surface area contributed by atoms with Crippen molar-refractivity contribution in [1.29, 1.82) is 0 Å². The molecule has 136 valence electrons. The molecule has 0 bridgehead atoms. The fourth-order valence-corrected chi connectivity index (χ4v) is 2.16. The standard InChI is InChI=1S/C17H25N5O3/c1-11-18-10-14(22-24)15(20-11)21-13-7-5-12(6-8-13)9-19-16(23)25-17(2,3)4/h5-8,10,15,21-22,24H,9H2,1-4H3,(H,18,20)(H,19,23)/p+1. The Morgan fingerprint density at radius 1 is 1.36 bits per heavy atom. The van der Waals surface area contributed by atoms with Gasteiger partial charge in [0.25, 0.3) is 0 Å². The average Bonchev–Trinajstić information content (AvgIpc) is 2.53. The topological polar surface area (TPSA) is 112 Å². The van der Waals surface area contributed by atoms with Gasteiger partial charge in [-0.25, -0.2) is 15.0 Å². The van der Waals surface area contributed by atoms with Crippen LogP contribution in [0.4, 0.5) is 10.5 Å². The molecule has 1 aliphatic rings. The van der Waals surface area contributed by atoms with Crippen molar-refractivity contribution < 1.29 is 20.2 Å². The summed E-state index contributed by atoms with van der Waals surface area (Å²) in [5.74, 6) is 0.765. The van der Waals surface area contributed by atoms with Crippen molar-refractivity contribution in [3.8, 4) is 0 Å². The maximum atomic E-state index is 11.7. The molecular formula is C17H26N5O3+. The SMILES string of the molecule is CC1=NC(Nc2ccc(CNC(=O)OC(C)(C)C)cc2)C([NH2+]O)=CN1. The zero-order valence-electron chi connectivity index (χ0n) is 15.0. The maximum absolute atomic E-state index is 11.7. The third-order valence-corrected chi connectivity index (χ3v) is 3.33. The molecule has 1 heterocycles. The largest absolute Gasteiger partial charge is 0.444 e. The van der Waals surface area contributed by atoms with Gasteiger partial charge in [0, 0.05) is 12.2 Å². The quantitative estimate of drug-likeness (QED) is 0.515. The summed E-state index contributed by atoms with van der Waals surface area (Å²) >= 11 is 0. The van der Waals surface area contributed by atoms with Crippen LogP contribution in [0.3, 0.4) is 0 Å². The number of carbonyl (C=O) groups excluding carboxylic acids is 1. The van der Waals surface area contributed by atoms with Crippen LogP contribution in [0, 0.1) is 0 Å². The number of ether oxygens (including phenoxy) is 1. The number of rotatable bonds is 5. The smallest absolute Gasteiger partial charge is 0.407 e. The molecule has 0 aromatic heterocycles. The van der Waals surface area contributed by atoms with Crippen molar-refractivity contribution in [1.82, 2.24) is 10.6 Å². The highest BCUT2D eigenvalue weighted by Crippen LogP contribution is 2.14. The zero-order chi connectivity index (χ0) is 18.4. The fraction of sp³-hybridized carbons (Fsp3) is 0.412. The maximum Gasteiger partial charge on any atom is 0.407 e. The summed E-state index contributed by atoms with van der Waals surface area (Å²) in [5.41, 5.74) is 2.96. The van der Waals surface area contributed by atoms with Crippen LogP contribution in [0.15, 0.2) is 41.2 Å². The number of nitrogens with one attached hydrogen (secondary N) is 3. The lowest BCUT2D eigenvalue weighted by Crippen LogP contribution is -2.81. The Balaban J connectivity index is 1.90. The first-order chi connectivity index (χ1) is 11.8. The van der Waals surface area contributed by atoms with E-state index in [1.807, 2.05) is 52.0 Å². The minimum Gasteiger partial charge on any atom is -0.444 e. The molecule has 25 heavy (non-hydrogen) atoms. The van der Waals surface area contributed by atoms with E-state index in [0.29, 0.717) is 12.2 Å². The number of carbonyl (C=O) groups is 1. The first-order valence-electron chi connectivity index (χ1n) is 8.07. The Kier molecular flexibility index (Phi) is 6.00. The van der Waals surface area contributed by atoms with Crippen LogP contribution in [0.1, 0.15) is 33.3 Å². The highest BCUT2D eigenvalue weighted by Gasteiger charge is 2.20. The van der Waals surface area contributed by atoms with E-state index in [-0.39, 0.29) is 6.17 Å². The fourth-order valence-electron chi connectivity index (χ4n) is 2.16. The van der Waals surface area contributed by atoms with Crippen LogP contribution in [-0.2, 0) is 11.3 Å². The van der Waals surface area contributed by atoms with Crippen molar-refractivity contribution in [2.75, 3.05) is 5.32 Å². The summed E-state index contributed by atoms with van der Waals surface area (Å²) in [6, 6.07) is 7.61. The number of alkyl carbamates (subject to hydrolysis) is 1. The molecule has 0 spiro atoms. The third-order valence-electron chi connectivity index (χ3n) is 3.33. The van der Waals surface area contributed by atoms with Crippen molar-refractivity contribution in [2.24, 2.45) is 4.99 Å². The summed E-state index contributed by atoms with van der Waals surface area (Å²) in [5, 5.41) is 18.2. The second kappa shape index (κ2) is 8.00. The van der Waals surface area contributed by atoms with Crippen LogP contribution in [0.25, 0.3) is 0 Å². The van der Waals surface area contributed by atoms with Crippen molar-refractivity contribution >= 4 is 17.6 Å². The Hall–Kier alpha value is -2.58. The predicted molar refractivity (Wildman–Crippen MR) is 95.0 cm³/mol. The number of hydrogen-bond acceptors (Lipinski definition) is 6. The number of benzene rings is 1. The van der Waals surface area contributed by atoms with Gasteiger partial charge >= 0.3 is 6.09 Å². The lowest BCUT2D eigenvalue weighted by Gasteiger charge is -2.20. The van der Waals surface area contributed by atoms with Gasteiger partial charge in [0.05, 0.1) is 6.20 Å². The van der Waals surface area contributed by atoms with Gasteiger partial charge in [-0.05, 0) is 45.4 Å². The minimum absolute atomic E-state index is 0.350. The molecule has 8 nitrogen and oxygen atoms in total. The number of aliphatic imine (C=N–C) groups is 1. The van der Waals surface area contributed by atoms with E-state index in [2.05, 4.69) is 20.9 Å². The molecule has 1 aromatic rings. The van der Waals surface area contributed by atoms with Crippen molar-refractivity contribution in [3.05, 3.63) is 41.7 Å². The van der Waals surface area contributed by atoms with Gasteiger partial charge in [0.15, 0.2) is 11.9 Å². The van der Waals surface area contributed by atoms with Gasteiger partial charge in [-0.1, -0.05) is 12.1 Å². The van der Waals surface area contributed by atoms with E-state index in [1.165, 1.54) is 0 Å². The molecule has 1 amide bonds. The van der Waals surface area contributed by atoms with E-state index < -0.39 is 11.7 Å². The summed E-state index contributed by atoms with van der Waals surface area (Å²) in [7, 11) is 0. The molecule has 0 saturated heterocycles. The van der Waals surface area contributed by atoms with Crippen molar-refractivity contribution in [3.63, 3.8) is 0 Å². The molecule has 2 rings (SSSR count). The van der Waals surface area contributed by atoms with Gasteiger partial charge in [-0.2, -0.15) is 5.48 Å². The van der Waals surface area contributed by atoms with Gasteiger partial charge in [-0.15, -0.1) is 0 Å². The molecule has 1 atom stereocenters. The molecule has 0 aliphatic carbocycles. The number of hydroxylamine groups is 1. The molecule has 1 unspecified atom stereocenters. The normalized spacial score (nSPS) is 17.1. The van der Waals surface area contributed by atoms with Crippen LogP contribution < -0.4 is 21.4 Å². The average molecular weight is 348 g/mol. The Morgan fingerprint density at radius 3 is 2.64 bits per heavy atom. The lowest BCUT2D eigenvalue weighted by atomic mass is 10.2. The first-order valence-corrected chi connectivity index (χ1v) is 8.07. The number of quaternary nitrogens is 1. The third kappa shape index (κ3) is 6.09. The molecule has 6 N–H and O–H groups in total. The van der Waals surface area contributed by atoms with E-state index in [1.54, 1.807) is 6.20 Å². The monoisotopic (exact) mass is 348 g/mol. The molecular weight excluding hydrogens is 322 g/mol. The molecule has 0 radical (unpaired) electrons. The van der Waals surface area contributed by atoms with Crippen LogP contribution >= 0.6 is 0 Å². The number of hydrogen-bond donors (Lipinski definition) is 5. The van der Waals surface area contributed by atoms with E-state index >= 15 is 0 Å². The Morgan fingerprint density at radius 2 is 2.04 bits per heavy atom. The summed E-state index contributed by atoms with van der Waals surface area (Å²) in [6.07, 6.45) is 0.915. The Labute approximate surface area is 147 Å². The van der Waals surface area contributed by atoms with Gasteiger partial charge in [-0.3, -0.25) is 0 Å². The molecule has 1 aromatic carbocycles. The Bertz CT molecular complexity index is 662. The number of amides is 1. The van der Waals surface area contributed by atoms with Gasteiger partial charge in [0.2, 0.25) is 0 Å². The van der Waals surface area contributed by atoms with Gasteiger partial charge < -0.3 is 20.7 Å². The molecule has 0 saturated carbocycles. The highest BCUT2D eigenvalue weighted by atomic mass is 16.6. The second-order valence-electron chi connectivity index (χ2n) is 6.73.